The number of pyridine rings is 1. The molecule has 0 atom stereocenters. The van der Waals surface area contributed by atoms with E-state index in [2.05, 4.69) is 56.3 Å². The second-order valence-corrected chi connectivity index (χ2v) is 12.5. The van der Waals surface area contributed by atoms with E-state index in [1.807, 2.05) is 28.0 Å². The Hall–Kier alpha value is -3.19. The van der Waals surface area contributed by atoms with Crippen LogP contribution in [0.2, 0.25) is 0 Å². The first kappa shape index (κ1) is 29.3. The summed E-state index contributed by atoms with van der Waals surface area (Å²) in [6, 6.07) is 10.9. The molecule has 0 aliphatic heterocycles. The predicted molar refractivity (Wildman–Crippen MR) is 163 cm³/mol. The third kappa shape index (κ3) is 6.83. The Bertz CT molecular complexity index is 1300. The Morgan fingerprint density at radius 2 is 1.76 bits per heavy atom. The fourth-order valence-electron chi connectivity index (χ4n) is 6.72. The number of ether oxygens (including phenoxy) is 1. The highest BCUT2D eigenvalue weighted by Gasteiger charge is 2.33. The van der Waals surface area contributed by atoms with Crippen LogP contribution in [0.1, 0.15) is 88.3 Å². The van der Waals surface area contributed by atoms with E-state index in [9.17, 15) is 9.90 Å². The van der Waals surface area contributed by atoms with Crippen molar-refractivity contribution in [1.29, 1.82) is 0 Å². The Morgan fingerprint density at radius 3 is 2.39 bits per heavy atom. The Morgan fingerprint density at radius 1 is 1.02 bits per heavy atom. The van der Waals surface area contributed by atoms with Crippen LogP contribution in [-0.4, -0.2) is 46.0 Å². The summed E-state index contributed by atoms with van der Waals surface area (Å²) in [5.41, 5.74) is 4.65. The van der Waals surface area contributed by atoms with Gasteiger partial charge in [-0.05, 0) is 125 Å². The number of hydrogen-bond donors (Lipinski definition) is 1. The summed E-state index contributed by atoms with van der Waals surface area (Å²) < 4.78 is 7.42. The SMILES string of the molecule is COc1ccc(C2CCC(CN(C(=O)C3CCC(CO)CC3)c3cc(-c4cnn(C(C)C)c4)ccn3)CC2)cc1C. The molecule has 1 amide bonds. The normalized spacial score (nSPS) is 23.0. The first-order chi connectivity index (χ1) is 19.9. The molecule has 2 aromatic heterocycles. The Balaban J connectivity index is 1.33. The molecule has 5 rings (SSSR count). The van der Waals surface area contributed by atoms with Crippen LogP contribution < -0.4 is 9.64 Å². The molecule has 7 nitrogen and oxygen atoms in total. The van der Waals surface area contributed by atoms with Gasteiger partial charge >= 0.3 is 0 Å². The number of methoxy groups -OCH3 is 1. The van der Waals surface area contributed by atoms with Crippen molar-refractivity contribution in [3.8, 4) is 16.9 Å². The van der Waals surface area contributed by atoms with Crippen molar-refractivity contribution in [3.05, 3.63) is 60.0 Å². The summed E-state index contributed by atoms with van der Waals surface area (Å²) in [6.45, 7) is 7.26. The van der Waals surface area contributed by atoms with Crippen LogP contribution in [0.3, 0.4) is 0 Å². The van der Waals surface area contributed by atoms with E-state index in [0.29, 0.717) is 24.3 Å². The summed E-state index contributed by atoms with van der Waals surface area (Å²) in [5, 5.41) is 14.1. The molecule has 2 aliphatic rings. The van der Waals surface area contributed by atoms with Crippen LogP contribution >= 0.6 is 0 Å². The molecule has 0 unspecified atom stereocenters. The van der Waals surface area contributed by atoms with Crippen molar-refractivity contribution in [3.63, 3.8) is 0 Å². The van der Waals surface area contributed by atoms with E-state index in [4.69, 9.17) is 9.72 Å². The number of carbonyl (C=O) groups excluding carboxylic acids is 1. The molecule has 1 N–H and O–H groups in total. The smallest absolute Gasteiger partial charge is 0.231 e. The van der Waals surface area contributed by atoms with E-state index in [0.717, 1.165) is 74.1 Å². The first-order valence-electron chi connectivity index (χ1n) is 15.4. The monoisotopic (exact) mass is 558 g/mol. The number of aliphatic hydroxyl groups excluding tert-OH is 1. The van der Waals surface area contributed by atoms with Crippen LogP contribution in [-0.2, 0) is 4.79 Å². The second kappa shape index (κ2) is 13.2. The van der Waals surface area contributed by atoms with Gasteiger partial charge in [0.15, 0.2) is 0 Å². The molecule has 1 aromatic carbocycles. The van der Waals surface area contributed by atoms with Gasteiger partial charge in [0.25, 0.3) is 0 Å². The number of benzene rings is 1. The molecule has 41 heavy (non-hydrogen) atoms. The zero-order valence-corrected chi connectivity index (χ0v) is 25.1. The van der Waals surface area contributed by atoms with E-state index >= 15 is 0 Å². The molecule has 3 aromatic rings. The maximum atomic E-state index is 14.1. The number of aryl methyl sites for hydroxylation is 1. The minimum Gasteiger partial charge on any atom is -0.496 e. The van der Waals surface area contributed by atoms with Gasteiger partial charge in [0, 0.05) is 43.1 Å². The number of amides is 1. The summed E-state index contributed by atoms with van der Waals surface area (Å²) in [5.74, 6) is 3.17. The lowest BCUT2D eigenvalue weighted by molar-refractivity contribution is -0.124. The van der Waals surface area contributed by atoms with Crippen molar-refractivity contribution in [2.24, 2.45) is 17.8 Å². The first-order valence-corrected chi connectivity index (χ1v) is 15.4. The number of aliphatic hydroxyl groups is 1. The summed E-state index contributed by atoms with van der Waals surface area (Å²) in [4.78, 5) is 20.8. The van der Waals surface area contributed by atoms with Gasteiger partial charge in [-0.2, -0.15) is 5.10 Å². The van der Waals surface area contributed by atoms with Crippen LogP contribution in [0.25, 0.3) is 11.1 Å². The summed E-state index contributed by atoms with van der Waals surface area (Å²) in [6.07, 6.45) is 13.7. The van der Waals surface area contributed by atoms with Crippen molar-refractivity contribution in [2.75, 3.05) is 25.2 Å². The molecule has 7 heteroatoms. The summed E-state index contributed by atoms with van der Waals surface area (Å²) in [7, 11) is 1.72. The topological polar surface area (TPSA) is 80.5 Å². The van der Waals surface area contributed by atoms with Gasteiger partial charge < -0.3 is 9.84 Å². The van der Waals surface area contributed by atoms with Gasteiger partial charge in [-0.15, -0.1) is 0 Å². The van der Waals surface area contributed by atoms with Gasteiger partial charge in [-0.3, -0.25) is 14.4 Å². The third-order valence-corrected chi connectivity index (χ3v) is 9.38. The van der Waals surface area contributed by atoms with E-state index in [1.165, 1.54) is 11.1 Å². The van der Waals surface area contributed by atoms with E-state index in [1.54, 1.807) is 7.11 Å². The number of nitrogens with zero attached hydrogens (tertiary/aromatic N) is 4. The quantitative estimate of drug-likeness (QED) is 0.307. The molecule has 2 heterocycles. The van der Waals surface area contributed by atoms with Crippen LogP contribution in [0, 0.1) is 24.7 Å². The van der Waals surface area contributed by atoms with Gasteiger partial charge in [-0.25, -0.2) is 4.98 Å². The van der Waals surface area contributed by atoms with Crippen LogP contribution in [0.15, 0.2) is 48.9 Å². The molecular weight excluding hydrogens is 512 g/mol. The number of anilines is 1. The van der Waals surface area contributed by atoms with Crippen LogP contribution in [0.5, 0.6) is 5.75 Å². The van der Waals surface area contributed by atoms with Gasteiger partial charge in [0.05, 0.1) is 13.3 Å². The lowest BCUT2D eigenvalue weighted by Crippen LogP contribution is -2.42. The fourth-order valence-corrected chi connectivity index (χ4v) is 6.72. The van der Waals surface area contributed by atoms with Gasteiger partial charge in [0.1, 0.15) is 11.6 Å². The highest BCUT2D eigenvalue weighted by Crippen LogP contribution is 2.39. The lowest BCUT2D eigenvalue weighted by Gasteiger charge is -2.35. The number of hydrogen-bond acceptors (Lipinski definition) is 5. The predicted octanol–water partition coefficient (Wildman–Crippen LogP) is 6.95. The van der Waals surface area contributed by atoms with Crippen molar-refractivity contribution < 1.29 is 14.6 Å². The zero-order chi connectivity index (χ0) is 28.9. The van der Waals surface area contributed by atoms with Crippen molar-refractivity contribution in [2.45, 2.75) is 84.1 Å². The van der Waals surface area contributed by atoms with E-state index in [-0.39, 0.29) is 24.5 Å². The van der Waals surface area contributed by atoms with Crippen molar-refractivity contribution >= 4 is 11.7 Å². The molecular formula is C34H46N4O3. The zero-order valence-electron chi connectivity index (χ0n) is 25.1. The fraction of sp³-hybridized carbons (Fsp3) is 0.559. The van der Waals surface area contributed by atoms with Crippen molar-refractivity contribution in [1.82, 2.24) is 14.8 Å². The third-order valence-electron chi connectivity index (χ3n) is 9.38. The van der Waals surface area contributed by atoms with E-state index < -0.39 is 0 Å². The number of carbonyl (C=O) groups is 1. The Labute approximate surface area is 244 Å². The molecule has 220 valence electrons. The molecule has 2 fully saturated rings. The van der Waals surface area contributed by atoms with Gasteiger partial charge in [-0.1, -0.05) is 12.1 Å². The maximum Gasteiger partial charge on any atom is 0.231 e. The second-order valence-electron chi connectivity index (χ2n) is 12.5. The molecule has 0 radical (unpaired) electrons. The Kier molecular flexibility index (Phi) is 9.43. The molecule has 2 saturated carbocycles. The average molecular weight is 559 g/mol. The minimum absolute atomic E-state index is 0.00874. The molecule has 0 bridgehead atoms. The standard InChI is InChI=1S/C34H46N4O3/c1-23(2)38-21-31(19-36-38)30-15-16-35-33(18-30)37(34(40)28-11-7-26(22-39)8-12-28)20-25-5-9-27(10-6-25)29-13-14-32(41-4)24(3)17-29/h13-19,21,23,25-28,39H,5-12,20,22H2,1-4H3. The summed E-state index contributed by atoms with van der Waals surface area (Å²) >= 11 is 0. The maximum absolute atomic E-state index is 14.1. The average Bonchev–Trinajstić information content (AvgIpc) is 3.51. The lowest BCUT2D eigenvalue weighted by atomic mass is 9.78. The number of aromatic nitrogens is 3. The minimum atomic E-state index is -0.00874. The largest absolute Gasteiger partial charge is 0.496 e. The highest BCUT2D eigenvalue weighted by molar-refractivity contribution is 5.94. The van der Waals surface area contributed by atoms with Gasteiger partial charge in [0.2, 0.25) is 5.91 Å². The molecule has 2 aliphatic carbocycles. The highest BCUT2D eigenvalue weighted by atomic mass is 16.5. The molecule has 0 spiro atoms. The number of rotatable bonds is 9. The van der Waals surface area contributed by atoms with Crippen LogP contribution in [0.4, 0.5) is 5.82 Å². The molecule has 0 saturated heterocycles.